The first kappa shape index (κ1) is 16.3. The number of hydrogen-bond acceptors (Lipinski definition) is 3. The van der Waals surface area contributed by atoms with Crippen molar-refractivity contribution >= 4 is 11.9 Å². The van der Waals surface area contributed by atoms with Gasteiger partial charge in [-0.2, -0.15) is 0 Å². The zero-order valence-electron chi connectivity index (χ0n) is 13.1. The number of rotatable bonds is 6. The molecule has 0 aromatic rings. The Hall–Kier alpha value is -1.10. The van der Waals surface area contributed by atoms with Gasteiger partial charge in [0, 0.05) is 19.0 Å². The van der Waals surface area contributed by atoms with E-state index in [1.54, 1.807) is 0 Å². The van der Waals surface area contributed by atoms with E-state index >= 15 is 0 Å². The Kier molecular flexibility index (Phi) is 5.62. The number of carboxylic acid groups (broad SMARTS) is 1. The molecule has 2 fully saturated rings. The summed E-state index contributed by atoms with van der Waals surface area (Å²) < 4.78 is 0. The zero-order valence-corrected chi connectivity index (χ0v) is 13.1. The number of likely N-dealkylation sites (tertiary alicyclic amines) is 1. The predicted molar refractivity (Wildman–Crippen MR) is 81.1 cm³/mol. The summed E-state index contributed by atoms with van der Waals surface area (Å²) in [5, 5.41) is 12.6. The van der Waals surface area contributed by atoms with Crippen LogP contribution in [-0.4, -0.2) is 46.6 Å². The lowest BCUT2D eigenvalue weighted by atomic mass is 9.93. The Morgan fingerprint density at radius 2 is 1.95 bits per heavy atom. The van der Waals surface area contributed by atoms with Gasteiger partial charge in [-0.25, -0.2) is 0 Å². The fourth-order valence-corrected chi connectivity index (χ4v) is 3.84. The maximum Gasteiger partial charge on any atom is 0.324 e. The van der Waals surface area contributed by atoms with Crippen LogP contribution in [0, 0.1) is 0 Å². The van der Waals surface area contributed by atoms with Crippen LogP contribution in [0.25, 0.3) is 0 Å². The molecule has 1 atom stereocenters. The molecule has 1 aliphatic carbocycles. The van der Waals surface area contributed by atoms with Gasteiger partial charge in [-0.3, -0.25) is 14.5 Å². The van der Waals surface area contributed by atoms with E-state index in [1.807, 2.05) is 11.8 Å². The SMILES string of the molecule is CCC1(C(=O)O)CCCN1CCC(=O)NC1CCCCC1. The maximum absolute atomic E-state index is 12.1. The monoisotopic (exact) mass is 296 g/mol. The molecular formula is C16H28N2O3. The van der Waals surface area contributed by atoms with Gasteiger partial charge in [0.05, 0.1) is 0 Å². The molecule has 0 bridgehead atoms. The number of amides is 1. The van der Waals surface area contributed by atoms with Gasteiger partial charge in [-0.05, 0) is 38.6 Å². The lowest BCUT2D eigenvalue weighted by molar-refractivity contribution is -0.150. The molecule has 0 spiro atoms. The average Bonchev–Trinajstić information content (AvgIpc) is 2.90. The van der Waals surface area contributed by atoms with Gasteiger partial charge in [-0.1, -0.05) is 26.2 Å². The molecule has 1 saturated heterocycles. The largest absolute Gasteiger partial charge is 0.480 e. The van der Waals surface area contributed by atoms with Crippen molar-refractivity contribution in [1.82, 2.24) is 10.2 Å². The Bertz CT molecular complexity index is 380. The molecule has 21 heavy (non-hydrogen) atoms. The van der Waals surface area contributed by atoms with Crippen LogP contribution in [0.3, 0.4) is 0 Å². The second-order valence-electron chi connectivity index (χ2n) is 6.43. The first-order valence-electron chi connectivity index (χ1n) is 8.36. The molecule has 2 aliphatic rings. The summed E-state index contributed by atoms with van der Waals surface area (Å²) in [4.78, 5) is 25.6. The van der Waals surface area contributed by atoms with Crippen LogP contribution in [0.15, 0.2) is 0 Å². The lowest BCUT2D eigenvalue weighted by Crippen LogP contribution is -2.51. The minimum atomic E-state index is -0.745. The van der Waals surface area contributed by atoms with Gasteiger partial charge in [0.25, 0.3) is 0 Å². The Balaban J connectivity index is 1.81. The van der Waals surface area contributed by atoms with Crippen molar-refractivity contribution in [3.05, 3.63) is 0 Å². The van der Waals surface area contributed by atoms with Gasteiger partial charge in [0.1, 0.15) is 5.54 Å². The molecule has 5 heteroatoms. The summed E-state index contributed by atoms with van der Waals surface area (Å²) in [7, 11) is 0. The summed E-state index contributed by atoms with van der Waals surface area (Å²) >= 11 is 0. The van der Waals surface area contributed by atoms with E-state index in [1.165, 1.54) is 19.3 Å². The van der Waals surface area contributed by atoms with E-state index in [0.717, 1.165) is 25.8 Å². The first-order valence-corrected chi connectivity index (χ1v) is 8.36. The highest BCUT2D eigenvalue weighted by molar-refractivity contribution is 5.80. The van der Waals surface area contributed by atoms with Crippen LogP contribution < -0.4 is 5.32 Å². The maximum atomic E-state index is 12.1. The smallest absolute Gasteiger partial charge is 0.324 e. The fraction of sp³-hybridized carbons (Fsp3) is 0.875. The minimum Gasteiger partial charge on any atom is -0.480 e. The lowest BCUT2D eigenvalue weighted by Gasteiger charge is -2.33. The Morgan fingerprint density at radius 3 is 2.57 bits per heavy atom. The van der Waals surface area contributed by atoms with Crippen LogP contribution >= 0.6 is 0 Å². The number of aliphatic carboxylic acids is 1. The van der Waals surface area contributed by atoms with Crippen LogP contribution in [-0.2, 0) is 9.59 Å². The van der Waals surface area contributed by atoms with Crippen molar-refractivity contribution < 1.29 is 14.7 Å². The van der Waals surface area contributed by atoms with E-state index in [0.29, 0.717) is 31.8 Å². The summed E-state index contributed by atoms with van der Waals surface area (Å²) in [6, 6.07) is 0.334. The summed E-state index contributed by atoms with van der Waals surface area (Å²) in [5.41, 5.74) is -0.745. The topological polar surface area (TPSA) is 69.6 Å². The standard InChI is InChI=1S/C16H28N2O3/c1-2-16(15(20)21)10-6-11-18(16)12-9-14(19)17-13-7-4-3-5-8-13/h13H,2-12H2,1H3,(H,17,19)(H,20,21). The van der Waals surface area contributed by atoms with E-state index in [-0.39, 0.29) is 5.91 Å². The average molecular weight is 296 g/mol. The van der Waals surface area contributed by atoms with Gasteiger partial charge < -0.3 is 10.4 Å². The van der Waals surface area contributed by atoms with E-state index in [9.17, 15) is 14.7 Å². The molecule has 0 radical (unpaired) electrons. The molecule has 0 aromatic carbocycles. The Labute approximate surface area is 127 Å². The summed E-state index contributed by atoms with van der Waals surface area (Å²) in [5.74, 6) is -0.667. The first-order chi connectivity index (χ1) is 10.1. The highest BCUT2D eigenvalue weighted by Gasteiger charge is 2.45. The normalized spacial score (nSPS) is 27.7. The second-order valence-corrected chi connectivity index (χ2v) is 6.43. The van der Waals surface area contributed by atoms with Crippen molar-refractivity contribution in [2.45, 2.75) is 76.3 Å². The van der Waals surface area contributed by atoms with E-state index < -0.39 is 11.5 Å². The van der Waals surface area contributed by atoms with Crippen molar-refractivity contribution in [1.29, 1.82) is 0 Å². The quantitative estimate of drug-likeness (QED) is 0.788. The molecule has 1 amide bonds. The highest BCUT2D eigenvalue weighted by Crippen LogP contribution is 2.32. The number of carboxylic acids is 1. The Morgan fingerprint density at radius 1 is 1.24 bits per heavy atom. The van der Waals surface area contributed by atoms with Crippen molar-refractivity contribution in [2.75, 3.05) is 13.1 Å². The highest BCUT2D eigenvalue weighted by atomic mass is 16.4. The summed E-state index contributed by atoms with van der Waals surface area (Å²) in [6.45, 7) is 3.27. The van der Waals surface area contributed by atoms with Crippen LogP contribution in [0.5, 0.6) is 0 Å². The van der Waals surface area contributed by atoms with Crippen molar-refractivity contribution in [3.8, 4) is 0 Å². The number of carbonyl (C=O) groups is 2. The van der Waals surface area contributed by atoms with Gasteiger partial charge in [0.15, 0.2) is 0 Å². The number of hydrogen-bond donors (Lipinski definition) is 2. The third-order valence-corrected chi connectivity index (χ3v) is 5.19. The van der Waals surface area contributed by atoms with Gasteiger partial charge >= 0.3 is 5.97 Å². The van der Waals surface area contributed by atoms with Crippen molar-refractivity contribution in [3.63, 3.8) is 0 Å². The summed E-state index contributed by atoms with van der Waals surface area (Å²) in [6.07, 6.45) is 8.47. The third kappa shape index (κ3) is 3.76. The van der Waals surface area contributed by atoms with Gasteiger partial charge in [0.2, 0.25) is 5.91 Å². The van der Waals surface area contributed by atoms with Crippen molar-refractivity contribution in [2.24, 2.45) is 0 Å². The second kappa shape index (κ2) is 7.25. The van der Waals surface area contributed by atoms with Gasteiger partial charge in [-0.15, -0.1) is 0 Å². The molecule has 5 nitrogen and oxygen atoms in total. The predicted octanol–water partition coefficient (Wildman–Crippen LogP) is 2.15. The third-order valence-electron chi connectivity index (χ3n) is 5.19. The molecule has 1 heterocycles. The van der Waals surface area contributed by atoms with E-state index in [4.69, 9.17) is 0 Å². The van der Waals surface area contributed by atoms with Crippen LogP contribution in [0.4, 0.5) is 0 Å². The number of carbonyl (C=O) groups excluding carboxylic acids is 1. The zero-order chi connectivity index (χ0) is 15.3. The molecular weight excluding hydrogens is 268 g/mol. The molecule has 2 rings (SSSR count). The molecule has 0 aromatic heterocycles. The molecule has 120 valence electrons. The van der Waals surface area contributed by atoms with Crippen LogP contribution in [0.2, 0.25) is 0 Å². The van der Waals surface area contributed by atoms with E-state index in [2.05, 4.69) is 5.32 Å². The van der Waals surface area contributed by atoms with Crippen LogP contribution in [0.1, 0.15) is 64.7 Å². The molecule has 1 saturated carbocycles. The minimum absolute atomic E-state index is 0.0733. The molecule has 1 unspecified atom stereocenters. The fourth-order valence-electron chi connectivity index (χ4n) is 3.84. The molecule has 2 N–H and O–H groups in total. The molecule has 1 aliphatic heterocycles. The number of nitrogens with one attached hydrogen (secondary N) is 1. The number of nitrogens with zero attached hydrogens (tertiary/aromatic N) is 1.